The number of morpholine rings is 1. The Labute approximate surface area is 218 Å². The van der Waals surface area contributed by atoms with E-state index in [1.54, 1.807) is 0 Å². The van der Waals surface area contributed by atoms with E-state index in [2.05, 4.69) is 10.6 Å². The van der Waals surface area contributed by atoms with E-state index in [0.717, 1.165) is 12.8 Å². The van der Waals surface area contributed by atoms with Crippen LogP contribution in [-0.2, 0) is 24.3 Å². The average molecular weight is 549 g/mol. The van der Waals surface area contributed by atoms with Crippen molar-refractivity contribution >= 4 is 45.0 Å². The Bertz CT molecular complexity index is 985. The van der Waals surface area contributed by atoms with Gasteiger partial charge in [0.1, 0.15) is 10.9 Å². The van der Waals surface area contributed by atoms with Gasteiger partial charge in [0.25, 0.3) is 0 Å². The molecule has 1 aliphatic carbocycles. The Morgan fingerprint density at radius 1 is 1.23 bits per heavy atom. The number of amides is 2. The van der Waals surface area contributed by atoms with Gasteiger partial charge in [0, 0.05) is 31.1 Å². The molecule has 2 fully saturated rings. The summed E-state index contributed by atoms with van der Waals surface area (Å²) in [5.41, 5.74) is 0. The topological polar surface area (TPSA) is 105 Å². The number of ether oxygens (including phenoxy) is 1. The molecule has 0 radical (unpaired) electrons. The number of sulfonamides is 1. The van der Waals surface area contributed by atoms with Crippen molar-refractivity contribution in [1.29, 1.82) is 0 Å². The van der Waals surface area contributed by atoms with Gasteiger partial charge in [-0.15, -0.1) is 0 Å². The summed E-state index contributed by atoms with van der Waals surface area (Å²) in [5.74, 6) is 0.228. The second-order valence-electron chi connectivity index (χ2n) is 9.27. The minimum absolute atomic E-state index is 0.0171. The van der Waals surface area contributed by atoms with Gasteiger partial charge >= 0.3 is 0 Å². The lowest BCUT2D eigenvalue weighted by atomic mass is 10.0. The number of hydrogen-bond donors (Lipinski definition) is 2. The van der Waals surface area contributed by atoms with Crippen LogP contribution in [0.1, 0.15) is 58.3 Å². The summed E-state index contributed by atoms with van der Waals surface area (Å²) in [6.07, 6.45) is 6.90. The second kappa shape index (κ2) is 13.2. The SMILES string of the molecule is CCC[C@H](NC(=O)CCC1CCCC1)C(=O)NCC1CN(S(=O)(=O)c2ccc(Cl)cc2Cl)CCO1. The number of nitrogens with one attached hydrogen (secondary N) is 2. The van der Waals surface area contributed by atoms with E-state index < -0.39 is 22.2 Å². The molecular formula is C24H35Cl2N3O5S. The number of benzene rings is 1. The van der Waals surface area contributed by atoms with Crippen molar-refractivity contribution in [3.63, 3.8) is 0 Å². The van der Waals surface area contributed by atoms with Crippen LogP contribution in [0, 0.1) is 5.92 Å². The van der Waals surface area contributed by atoms with Gasteiger partial charge in [0.15, 0.2) is 0 Å². The predicted octanol–water partition coefficient (Wildman–Crippen LogP) is 3.75. The van der Waals surface area contributed by atoms with Crippen molar-refractivity contribution in [3.05, 3.63) is 28.2 Å². The molecule has 0 bridgehead atoms. The van der Waals surface area contributed by atoms with E-state index in [9.17, 15) is 18.0 Å². The number of rotatable bonds is 11. The van der Waals surface area contributed by atoms with Crippen LogP contribution in [0.3, 0.4) is 0 Å². The summed E-state index contributed by atoms with van der Waals surface area (Å²) < 4.78 is 33.2. The summed E-state index contributed by atoms with van der Waals surface area (Å²) in [7, 11) is -3.84. The molecule has 8 nitrogen and oxygen atoms in total. The molecule has 1 aromatic rings. The first-order valence-electron chi connectivity index (χ1n) is 12.3. The Balaban J connectivity index is 1.52. The van der Waals surface area contributed by atoms with E-state index in [4.69, 9.17) is 27.9 Å². The van der Waals surface area contributed by atoms with Crippen molar-refractivity contribution in [3.8, 4) is 0 Å². The van der Waals surface area contributed by atoms with Crippen molar-refractivity contribution in [2.24, 2.45) is 5.92 Å². The summed E-state index contributed by atoms with van der Waals surface area (Å²) in [6, 6.07) is 3.64. The molecule has 3 rings (SSSR count). The third-order valence-electron chi connectivity index (χ3n) is 6.60. The van der Waals surface area contributed by atoms with E-state index in [1.165, 1.54) is 48.2 Å². The van der Waals surface area contributed by atoms with Gasteiger partial charge < -0.3 is 15.4 Å². The maximum Gasteiger partial charge on any atom is 0.244 e. The fourth-order valence-corrected chi connectivity index (χ4v) is 6.86. The maximum atomic E-state index is 13.1. The molecule has 196 valence electrons. The molecule has 35 heavy (non-hydrogen) atoms. The first-order valence-corrected chi connectivity index (χ1v) is 14.5. The first-order chi connectivity index (χ1) is 16.7. The van der Waals surface area contributed by atoms with Crippen LogP contribution in [0.15, 0.2) is 23.1 Å². The molecule has 0 spiro atoms. The van der Waals surface area contributed by atoms with Gasteiger partial charge in [-0.1, -0.05) is 62.2 Å². The van der Waals surface area contributed by atoms with Gasteiger partial charge in [0.05, 0.1) is 17.7 Å². The van der Waals surface area contributed by atoms with Gasteiger partial charge in [-0.05, 0) is 37.0 Å². The fourth-order valence-electron chi connectivity index (χ4n) is 4.65. The summed E-state index contributed by atoms with van der Waals surface area (Å²) in [5, 5.41) is 6.10. The van der Waals surface area contributed by atoms with Crippen LogP contribution < -0.4 is 10.6 Å². The van der Waals surface area contributed by atoms with E-state index in [0.29, 0.717) is 23.8 Å². The molecule has 1 unspecified atom stereocenters. The Morgan fingerprint density at radius 2 is 1.97 bits per heavy atom. The summed E-state index contributed by atoms with van der Waals surface area (Å²) in [4.78, 5) is 25.2. The van der Waals surface area contributed by atoms with Gasteiger partial charge in [0.2, 0.25) is 21.8 Å². The zero-order chi connectivity index (χ0) is 25.4. The third-order valence-corrected chi connectivity index (χ3v) is 9.18. The monoisotopic (exact) mass is 547 g/mol. The van der Waals surface area contributed by atoms with E-state index in [-0.39, 0.29) is 48.0 Å². The van der Waals surface area contributed by atoms with Gasteiger partial charge in [-0.2, -0.15) is 4.31 Å². The fraction of sp³-hybridized carbons (Fsp3) is 0.667. The number of nitrogens with zero attached hydrogens (tertiary/aromatic N) is 1. The minimum atomic E-state index is -3.84. The Hall–Kier alpha value is -1.39. The first kappa shape index (κ1) is 28.2. The third kappa shape index (κ3) is 8.05. The molecule has 1 aromatic carbocycles. The van der Waals surface area contributed by atoms with E-state index in [1.807, 2.05) is 6.92 Å². The lowest BCUT2D eigenvalue weighted by molar-refractivity contribution is -0.129. The van der Waals surface area contributed by atoms with Crippen LogP contribution in [-0.4, -0.2) is 62.9 Å². The van der Waals surface area contributed by atoms with Crippen LogP contribution in [0.4, 0.5) is 0 Å². The van der Waals surface area contributed by atoms with Crippen LogP contribution >= 0.6 is 23.2 Å². The highest BCUT2D eigenvalue weighted by Gasteiger charge is 2.33. The molecule has 1 aliphatic heterocycles. The van der Waals surface area contributed by atoms with Crippen molar-refractivity contribution in [2.45, 2.75) is 75.3 Å². The minimum Gasteiger partial charge on any atom is -0.374 e. The highest BCUT2D eigenvalue weighted by atomic mass is 35.5. The lowest BCUT2D eigenvalue weighted by Crippen LogP contribution is -2.52. The van der Waals surface area contributed by atoms with Gasteiger partial charge in [-0.25, -0.2) is 8.42 Å². The normalized spacial score (nSPS) is 20.5. The lowest BCUT2D eigenvalue weighted by Gasteiger charge is -2.32. The smallest absolute Gasteiger partial charge is 0.244 e. The largest absolute Gasteiger partial charge is 0.374 e. The Morgan fingerprint density at radius 3 is 2.66 bits per heavy atom. The summed E-state index contributed by atoms with van der Waals surface area (Å²) >= 11 is 12.0. The van der Waals surface area contributed by atoms with Crippen LogP contribution in [0.2, 0.25) is 10.0 Å². The molecule has 1 saturated heterocycles. The van der Waals surface area contributed by atoms with Gasteiger partial charge in [-0.3, -0.25) is 9.59 Å². The second-order valence-corrected chi connectivity index (χ2v) is 12.0. The molecule has 11 heteroatoms. The highest BCUT2D eigenvalue weighted by molar-refractivity contribution is 7.89. The van der Waals surface area contributed by atoms with Crippen LogP contribution in [0.25, 0.3) is 0 Å². The average Bonchev–Trinajstić information content (AvgIpc) is 3.35. The predicted molar refractivity (Wildman–Crippen MR) is 136 cm³/mol. The molecular weight excluding hydrogens is 513 g/mol. The number of hydrogen-bond acceptors (Lipinski definition) is 5. The molecule has 2 atom stereocenters. The molecule has 2 amide bonds. The quantitative estimate of drug-likeness (QED) is 0.438. The zero-order valence-electron chi connectivity index (χ0n) is 20.1. The maximum absolute atomic E-state index is 13.1. The molecule has 2 aliphatic rings. The summed E-state index contributed by atoms with van der Waals surface area (Å²) in [6.45, 7) is 2.55. The van der Waals surface area contributed by atoms with Crippen LogP contribution in [0.5, 0.6) is 0 Å². The zero-order valence-corrected chi connectivity index (χ0v) is 22.4. The number of halogens is 2. The number of carbonyl (C=O) groups is 2. The van der Waals surface area contributed by atoms with E-state index >= 15 is 0 Å². The molecule has 1 heterocycles. The molecule has 0 aromatic heterocycles. The van der Waals surface area contributed by atoms with Crippen molar-refractivity contribution < 1.29 is 22.7 Å². The number of carbonyl (C=O) groups excluding carboxylic acids is 2. The Kier molecular flexibility index (Phi) is 10.7. The highest BCUT2D eigenvalue weighted by Crippen LogP contribution is 2.29. The molecule has 2 N–H and O–H groups in total. The molecule has 1 saturated carbocycles. The standard InChI is InChI=1S/C24H35Cl2N3O5S/c1-2-5-21(28-23(30)11-8-17-6-3-4-7-17)24(31)27-15-19-16-29(12-13-34-19)35(32,33)22-10-9-18(25)14-20(22)26/h9-10,14,17,19,21H,2-8,11-13,15-16H2,1H3,(H,27,31)(H,28,30)/t19?,21-/m0/s1. The van der Waals surface area contributed by atoms with Crippen molar-refractivity contribution in [2.75, 3.05) is 26.2 Å². The van der Waals surface area contributed by atoms with Crippen molar-refractivity contribution in [1.82, 2.24) is 14.9 Å².